The lowest BCUT2D eigenvalue weighted by atomic mass is 9.86. The normalized spacial score (nSPS) is 11.7. The Kier molecular flexibility index (Phi) is 31.8. The Hall–Kier alpha value is -5.28. The minimum Gasteiger partial charge on any atom is -0.172 e. The molecule has 0 N–H and O–H groups in total. The van der Waals surface area contributed by atoms with Crippen LogP contribution in [-0.4, -0.2) is 26.2 Å². The van der Waals surface area contributed by atoms with E-state index in [4.69, 9.17) is 26.2 Å². The predicted molar refractivity (Wildman–Crippen MR) is 494 cm³/mol. The largest absolute Gasteiger partial charge is 0.172 e. The smallest absolute Gasteiger partial charge is 0.114 e. The van der Waals surface area contributed by atoms with Crippen molar-refractivity contribution in [3.63, 3.8) is 0 Å². The number of rotatable bonds is 38. The van der Waals surface area contributed by atoms with Crippen LogP contribution in [0.2, 0.25) is 0 Å². The molecule has 0 saturated carbocycles. The van der Waals surface area contributed by atoms with E-state index in [1.165, 1.54) is 323 Å². The number of benzene rings is 3. The summed E-state index contributed by atoms with van der Waals surface area (Å²) in [6.45, 7) is 27.0. The van der Waals surface area contributed by atoms with E-state index in [9.17, 15) is 0 Å². The lowest BCUT2D eigenvalue weighted by molar-refractivity contribution is 0.652. The van der Waals surface area contributed by atoms with Crippen molar-refractivity contribution < 1.29 is 0 Å². The molecule has 6 nitrogen and oxygen atoms in total. The number of fused-ring (bicyclic) bond motifs is 3. The molecule has 0 radical (unpaired) electrons. The van der Waals surface area contributed by atoms with Gasteiger partial charge in [-0.2, -0.15) is 26.2 Å². The Bertz CT molecular complexity index is 4840. The molecular weight excluding hydrogens is 1540 g/mol. The van der Waals surface area contributed by atoms with E-state index >= 15 is 0 Å². The summed E-state index contributed by atoms with van der Waals surface area (Å²) in [4.78, 5) is 21.8. The van der Waals surface area contributed by atoms with Crippen LogP contribution in [0, 0.1) is 41.5 Å². The van der Waals surface area contributed by atoms with Crippen molar-refractivity contribution in [3.05, 3.63) is 160 Å². The lowest BCUT2D eigenvalue weighted by Crippen LogP contribution is -2.03. The molecule has 0 unspecified atom stereocenters. The van der Waals surface area contributed by atoms with Crippen molar-refractivity contribution in [2.45, 2.75) is 276 Å². The molecule has 0 saturated heterocycles. The van der Waals surface area contributed by atoms with Gasteiger partial charge in [-0.3, -0.25) is 0 Å². The molecule has 0 aliphatic carbocycles. The fourth-order valence-electron chi connectivity index (χ4n) is 15.4. The number of hydrogen-bond acceptors (Lipinski definition) is 17. The van der Waals surface area contributed by atoms with Crippen LogP contribution in [0.4, 0.5) is 0 Å². The van der Waals surface area contributed by atoms with Gasteiger partial charge < -0.3 is 0 Å². The maximum Gasteiger partial charge on any atom is 0.114 e. The SMILES string of the molecule is CCCCCCc1c(CCCCCC)c(-c2ccc(-c3ccc(C)s3)s2)c2nsnc2c1-c1ccc(-c2ccc(C)s2)s1.CCCCCCc1c(CCCCCC)c(-c2ccc(C)s2)c2nsnc2c1-c1ccc(C)s1.CCCCCCc1cc(C)sc1-c1ccc(-c2sc(C)cc2CCCCCC)c2nsnc12. The average Bonchev–Trinajstić information content (AvgIpc) is 1.67. The van der Waals surface area contributed by atoms with Gasteiger partial charge in [0.1, 0.15) is 33.1 Å². The molecule has 0 bridgehead atoms. The lowest BCUT2D eigenvalue weighted by Gasteiger charge is -2.19. The molecule has 11 aromatic heterocycles. The van der Waals surface area contributed by atoms with Crippen LogP contribution in [0.15, 0.2) is 97.1 Å². The molecule has 0 atom stereocenters. The molecule has 3 aromatic carbocycles. The highest BCUT2D eigenvalue weighted by atomic mass is 32.1. The third-order valence-electron chi connectivity index (χ3n) is 21.0. The number of hydrogen-bond donors (Lipinski definition) is 0. The Morgan fingerprint density at radius 1 is 0.220 bits per heavy atom. The predicted octanol–water partition coefficient (Wildman–Crippen LogP) is 33.5. The molecule has 14 rings (SSSR count). The Morgan fingerprint density at radius 2 is 0.459 bits per heavy atom. The number of unbranched alkanes of at least 4 members (excludes halogenated alkanes) is 18. The first-order chi connectivity index (χ1) is 53.3. The molecule has 0 aliphatic rings. The van der Waals surface area contributed by atoms with Crippen LogP contribution in [0.3, 0.4) is 0 Å². The second kappa shape index (κ2) is 41.7. The second-order valence-corrected chi connectivity index (χ2v) is 41.1. The van der Waals surface area contributed by atoms with E-state index < -0.39 is 0 Å². The summed E-state index contributed by atoms with van der Waals surface area (Å²) in [5, 5.41) is 0. The van der Waals surface area contributed by atoms with Gasteiger partial charge in [-0.05, 0) is 237 Å². The van der Waals surface area contributed by atoms with Crippen molar-refractivity contribution in [1.29, 1.82) is 0 Å². The first-order valence-electron chi connectivity index (χ1n) is 40.8. The molecule has 17 heteroatoms. The van der Waals surface area contributed by atoms with E-state index in [1.807, 2.05) is 90.7 Å². The van der Waals surface area contributed by atoms with Crippen LogP contribution in [0.25, 0.3) is 115 Å². The summed E-state index contributed by atoms with van der Waals surface area (Å²) in [5.41, 5.74) is 23.7. The molecule has 109 heavy (non-hydrogen) atoms. The van der Waals surface area contributed by atoms with E-state index in [-0.39, 0.29) is 0 Å². The highest BCUT2D eigenvalue weighted by Gasteiger charge is 2.29. The summed E-state index contributed by atoms with van der Waals surface area (Å²) in [7, 11) is 0. The third-order valence-corrected chi connectivity index (χ3v) is 31.5. The van der Waals surface area contributed by atoms with Crippen molar-refractivity contribution >= 4 is 159 Å². The highest BCUT2D eigenvalue weighted by Crippen LogP contribution is 2.51. The molecule has 14 aromatic rings. The summed E-state index contributed by atoms with van der Waals surface area (Å²) in [6, 6.07) is 36.9. The molecule has 0 aliphatic heterocycles. The average molecular weight is 1650 g/mol. The van der Waals surface area contributed by atoms with Gasteiger partial charge in [0.15, 0.2) is 0 Å². The van der Waals surface area contributed by atoms with Crippen LogP contribution >= 0.6 is 126 Å². The number of aromatic nitrogens is 6. The van der Waals surface area contributed by atoms with Crippen molar-refractivity contribution in [2.75, 3.05) is 0 Å². The Balaban J connectivity index is 0.000000155. The van der Waals surface area contributed by atoms with Gasteiger partial charge in [0.2, 0.25) is 0 Å². The molecular formula is C92H112N6S11. The maximum absolute atomic E-state index is 5.04. The molecule has 576 valence electrons. The van der Waals surface area contributed by atoms with Gasteiger partial charge in [0, 0.05) is 111 Å². The Labute approximate surface area is 696 Å². The standard InChI is InChI=1S/C36H40N2S5.2C28H36N2S3/c1-5-7-9-11-13-25-26(14-12-10-8-6-2)34(32-22-20-30(42-32)28-18-16-24(4)40-28)36-35(37-43-38-36)33(25)31-21-19-29(41-31)27-17-15-23(3)39-27;1-5-7-9-11-13-21-22(14-12-10-8-6-2)26(24-18-16-20(4)32-24)28-27(29-33-30-28)25(21)23-17-15-19(3)31-23;1-5-7-9-11-13-21-17-19(3)31-27(21)23-15-16-24(26-25(23)29-33-30-26)28-22(18-20(4)32-28)14-12-10-8-6-2/h15-22H,5-14H2,1-4H3;2*15-18H,5-14H2,1-4H3. The zero-order chi connectivity index (χ0) is 76.2. The zero-order valence-electron chi connectivity index (χ0n) is 66.6. The van der Waals surface area contributed by atoms with Crippen molar-refractivity contribution in [1.82, 2.24) is 26.2 Å². The van der Waals surface area contributed by atoms with Gasteiger partial charge in [-0.1, -0.05) is 169 Å². The minimum atomic E-state index is 1.08. The monoisotopic (exact) mass is 1650 g/mol. The van der Waals surface area contributed by atoms with Gasteiger partial charge in [-0.25, -0.2) is 0 Å². The van der Waals surface area contributed by atoms with Crippen LogP contribution in [-0.2, 0) is 38.5 Å². The van der Waals surface area contributed by atoms with E-state index in [1.54, 1.807) is 11.1 Å². The maximum atomic E-state index is 5.04. The molecule has 0 spiro atoms. The number of nitrogens with zero attached hydrogens (tertiary/aromatic N) is 6. The minimum absolute atomic E-state index is 1.08. The van der Waals surface area contributed by atoms with E-state index in [0.29, 0.717) is 0 Å². The van der Waals surface area contributed by atoms with Crippen LogP contribution in [0.5, 0.6) is 0 Å². The van der Waals surface area contributed by atoms with Gasteiger partial charge in [-0.15, -0.1) is 90.7 Å². The molecule has 0 fully saturated rings. The zero-order valence-corrected chi connectivity index (χ0v) is 75.6. The first kappa shape index (κ1) is 83.2. The van der Waals surface area contributed by atoms with Gasteiger partial charge in [0.25, 0.3) is 0 Å². The summed E-state index contributed by atoms with van der Waals surface area (Å²) in [6.07, 6.45) is 37.6. The number of aryl methyl sites for hydroxylation is 8. The fraction of sp³-hybridized carbons (Fsp3) is 0.457. The van der Waals surface area contributed by atoms with Crippen molar-refractivity contribution in [2.24, 2.45) is 0 Å². The third kappa shape index (κ3) is 20.8. The van der Waals surface area contributed by atoms with Crippen LogP contribution < -0.4 is 0 Å². The van der Waals surface area contributed by atoms with Gasteiger partial charge in [0.05, 0.1) is 35.2 Å². The quantitative estimate of drug-likeness (QED) is 0.0359. The highest BCUT2D eigenvalue weighted by molar-refractivity contribution is 7.25. The topological polar surface area (TPSA) is 77.3 Å². The van der Waals surface area contributed by atoms with E-state index in [2.05, 4.69) is 180 Å². The Morgan fingerprint density at radius 3 is 0.734 bits per heavy atom. The second-order valence-electron chi connectivity index (χ2n) is 29.7. The summed E-state index contributed by atoms with van der Waals surface area (Å²) in [5.74, 6) is 0. The summed E-state index contributed by atoms with van der Waals surface area (Å²) >= 11 is 19.4. The van der Waals surface area contributed by atoms with Crippen LogP contribution in [0.1, 0.15) is 258 Å². The van der Waals surface area contributed by atoms with Gasteiger partial charge >= 0.3 is 0 Å². The fourth-order valence-corrected chi connectivity index (χ4v) is 25.3. The van der Waals surface area contributed by atoms with E-state index in [0.717, 1.165) is 71.6 Å². The van der Waals surface area contributed by atoms with Crippen molar-refractivity contribution in [3.8, 4) is 82.2 Å². The molecule has 0 amide bonds. The summed E-state index contributed by atoms with van der Waals surface area (Å²) < 4.78 is 29.5. The molecule has 11 heterocycles. The first-order valence-corrected chi connectivity index (χ1v) is 49.6. The number of thiophene rings is 8.